The van der Waals surface area contributed by atoms with Crippen molar-refractivity contribution in [1.82, 2.24) is 15.3 Å². The zero-order valence-corrected chi connectivity index (χ0v) is 11.8. The molecule has 20 heavy (non-hydrogen) atoms. The van der Waals surface area contributed by atoms with Crippen LogP contribution < -0.4 is 5.43 Å². The van der Waals surface area contributed by atoms with E-state index in [1.807, 2.05) is 11.9 Å². The van der Waals surface area contributed by atoms with Crippen LogP contribution in [0.4, 0.5) is 8.78 Å². The topological polar surface area (TPSA) is 38.7 Å². The van der Waals surface area contributed by atoms with E-state index < -0.39 is 17.7 Å². The van der Waals surface area contributed by atoms with Crippen molar-refractivity contribution in [3.05, 3.63) is 35.4 Å². The summed E-state index contributed by atoms with van der Waals surface area (Å²) >= 11 is 0. The highest BCUT2D eigenvalue weighted by molar-refractivity contribution is 5.21. The number of hydrogen-bond acceptors (Lipinski definition) is 4. The summed E-state index contributed by atoms with van der Waals surface area (Å²) in [6, 6.07) is 3.22. The van der Waals surface area contributed by atoms with E-state index in [9.17, 15) is 13.9 Å². The first-order chi connectivity index (χ1) is 9.47. The minimum Gasteiger partial charge on any atom is -0.387 e. The number of piperazine rings is 1. The summed E-state index contributed by atoms with van der Waals surface area (Å²) in [7, 11) is 2.07. The number of halogens is 2. The van der Waals surface area contributed by atoms with Crippen molar-refractivity contribution in [1.29, 1.82) is 0 Å². The average Bonchev–Trinajstić information content (AvgIpc) is 2.43. The Bertz CT molecular complexity index is 450. The molecule has 1 aromatic carbocycles. The molecule has 1 heterocycles. The SMILES string of the molecule is CC(NN1CCN(C)CC1)C(O)c1ccc(F)c(F)c1. The van der Waals surface area contributed by atoms with E-state index in [0.29, 0.717) is 5.56 Å². The van der Waals surface area contributed by atoms with E-state index in [1.54, 1.807) is 0 Å². The standard InChI is InChI=1S/C14H21F2N3O/c1-10(17-19-7-5-18(2)6-8-19)14(20)11-3-4-12(15)13(16)9-11/h3-4,9-10,14,17,20H,5-8H2,1-2H3. The first kappa shape index (κ1) is 15.3. The zero-order chi connectivity index (χ0) is 14.7. The number of likely N-dealkylation sites (N-methyl/N-ethyl adjacent to an activating group) is 1. The van der Waals surface area contributed by atoms with E-state index >= 15 is 0 Å². The van der Waals surface area contributed by atoms with Crippen LogP contribution in [0.2, 0.25) is 0 Å². The Hall–Kier alpha value is -1.08. The Morgan fingerprint density at radius 2 is 1.80 bits per heavy atom. The number of nitrogens with zero attached hydrogens (tertiary/aromatic N) is 2. The third-order valence-electron chi connectivity index (χ3n) is 3.65. The van der Waals surface area contributed by atoms with Gasteiger partial charge in [-0.15, -0.1) is 0 Å². The predicted molar refractivity (Wildman–Crippen MR) is 73.0 cm³/mol. The second kappa shape index (κ2) is 6.58. The van der Waals surface area contributed by atoms with Crippen molar-refractivity contribution in [2.45, 2.75) is 19.1 Å². The summed E-state index contributed by atoms with van der Waals surface area (Å²) in [5.41, 5.74) is 3.59. The Labute approximate surface area is 118 Å². The highest BCUT2D eigenvalue weighted by Gasteiger charge is 2.21. The number of rotatable bonds is 4. The first-order valence-corrected chi connectivity index (χ1v) is 6.80. The number of benzene rings is 1. The summed E-state index contributed by atoms with van der Waals surface area (Å²) in [4.78, 5) is 2.23. The molecule has 1 aliphatic heterocycles. The molecule has 6 heteroatoms. The molecule has 2 atom stereocenters. The average molecular weight is 285 g/mol. The number of aliphatic hydroxyl groups excluding tert-OH is 1. The van der Waals surface area contributed by atoms with E-state index in [-0.39, 0.29) is 6.04 Å². The van der Waals surface area contributed by atoms with Gasteiger partial charge in [0.05, 0.1) is 6.10 Å². The molecule has 0 radical (unpaired) electrons. The molecular formula is C14H21F2N3O. The van der Waals surface area contributed by atoms with Crippen molar-refractivity contribution in [2.24, 2.45) is 0 Å². The van der Waals surface area contributed by atoms with Crippen molar-refractivity contribution < 1.29 is 13.9 Å². The highest BCUT2D eigenvalue weighted by Crippen LogP contribution is 2.19. The third kappa shape index (κ3) is 3.73. The largest absolute Gasteiger partial charge is 0.387 e. The zero-order valence-electron chi connectivity index (χ0n) is 11.8. The molecule has 2 N–H and O–H groups in total. The summed E-state index contributed by atoms with van der Waals surface area (Å²) in [5.74, 6) is -1.84. The molecule has 1 fully saturated rings. The Morgan fingerprint density at radius 3 is 2.40 bits per heavy atom. The highest BCUT2D eigenvalue weighted by atomic mass is 19.2. The van der Waals surface area contributed by atoms with Gasteiger partial charge in [0.2, 0.25) is 0 Å². The lowest BCUT2D eigenvalue weighted by molar-refractivity contribution is 0.0436. The van der Waals surface area contributed by atoms with E-state index in [2.05, 4.69) is 17.4 Å². The summed E-state index contributed by atoms with van der Waals surface area (Å²) in [5, 5.41) is 12.2. The minimum atomic E-state index is -0.937. The van der Waals surface area contributed by atoms with Gasteiger partial charge < -0.3 is 10.0 Å². The van der Waals surface area contributed by atoms with Crippen LogP contribution in [0.25, 0.3) is 0 Å². The van der Waals surface area contributed by atoms with Gasteiger partial charge in [0.1, 0.15) is 0 Å². The van der Waals surface area contributed by atoms with Gasteiger partial charge in [-0.2, -0.15) is 0 Å². The molecule has 112 valence electrons. The van der Waals surface area contributed by atoms with Crippen LogP contribution in [0.3, 0.4) is 0 Å². The molecule has 0 amide bonds. The number of hydrogen-bond donors (Lipinski definition) is 2. The summed E-state index contributed by atoms with van der Waals surface area (Å²) < 4.78 is 26.1. The Balaban J connectivity index is 1.94. The molecule has 1 saturated heterocycles. The lowest BCUT2D eigenvalue weighted by atomic mass is 10.0. The maximum atomic E-state index is 13.2. The molecule has 0 saturated carbocycles. The fourth-order valence-corrected chi connectivity index (χ4v) is 2.28. The van der Waals surface area contributed by atoms with Gasteiger partial charge >= 0.3 is 0 Å². The molecule has 0 aliphatic carbocycles. The second-order valence-corrected chi connectivity index (χ2v) is 5.33. The normalized spacial score (nSPS) is 20.9. The van der Waals surface area contributed by atoms with Crippen LogP contribution in [-0.4, -0.2) is 54.3 Å². The van der Waals surface area contributed by atoms with Gasteiger partial charge in [0.25, 0.3) is 0 Å². The van der Waals surface area contributed by atoms with Gasteiger partial charge in [-0.25, -0.2) is 19.2 Å². The van der Waals surface area contributed by atoms with Crippen molar-refractivity contribution in [2.75, 3.05) is 33.2 Å². The van der Waals surface area contributed by atoms with Crippen LogP contribution in [0, 0.1) is 11.6 Å². The van der Waals surface area contributed by atoms with Gasteiger partial charge in [0, 0.05) is 32.2 Å². The number of hydrazine groups is 1. The molecule has 2 unspecified atom stereocenters. The fraction of sp³-hybridized carbons (Fsp3) is 0.571. The maximum absolute atomic E-state index is 13.2. The summed E-state index contributed by atoms with van der Waals surface area (Å²) in [6.45, 7) is 5.48. The molecular weight excluding hydrogens is 264 g/mol. The van der Waals surface area contributed by atoms with E-state index in [1.165, 1.54) is 6.07 Å². The first-order valence-electron chi connectivity index (χ1n) is 6.80. The van der Waals surface area contributed by atoms with Gasteiger partial charge in [-0.3, -0.25) is 0 Å². The quantitative estimate of drug-likeness (QED) is 0.870. The molecule has 4 nitrogen and oxygen atoms in total. The summed E-state index contributed by atoms with van der Waals surface area (Å²) in [6.07, 6.45) is -0.884. The van der Waals surface area contributed by atoms with Crippen LogP contribution in [0.15, 0.2) is 18.2 Å². The predicted octanol–water partition coefficient (Wildman–Crippen LogP) is 1.14. The Kier molecular flexibility index (Phi) is 5.04. The van der Waals surface area contributed by atoms with Gasteiger partial charge in [-0.05, 0) is 31.7 Å². The second-order valence-electron chi connectivity index (χ2n) is 5.33. The van der Waals surface area contributed by atoms with Crippen LogP contribution in [0.5, 0.6) is 0 Å². The molecule has 0 bridgehead atoms. The molecule has 2 rings (SSSR count). The number of nitrogens with one attached hydrogen (secondary N) is 1. The monoisotopic (exact) mass is 285 g/mol. The van der Waals surface area contributed by atoms with Crippen LogP contribution in [0.1, 0.15) is 18.6 Å². The van der Waals surface area contributed by atoms with Gasteiger partial charge in [-0.1, -0.05) is 6.07 Å². The lowest BCUT2D eigenvalue weighted by Crippen LogP contribution is -2.54. The third-order valence-corrected chi connectivity index (χ3v) is 3.65. The molecule has 0 spiro atoms. The van der Waals surface area contributed by atoms with E-state index in [4.69, 9.17) is 0 Å². The molecule has 0 aromatic heterocycles. The smallest absolute Gasteiger partial charge is 0.159 e. The van der Waals surface area contributed by atoms with Crippen LogP contribution >= 0.6 is 0 Å². The number of aliphatic hydroxyl groups is 1. The minimum absolute atomic E-state index is 0.275. The van der Waals surface area contributed by atoms with Gasteiger partial charge in [0.15, 0.2) is 11.6 Å². The van der Waals surface area contributed by atoms with Crippen molar-refractivity contribution >= 4 is 0 Å². The van der Waals surface area contributed by atoms with Crippen molar-refractivity contribution in [3.8, 4) is 0 Å². The molecule has 1 aromatic rings. The van der Waals surface area contributed by atoms with E-state index in [0.717, 1.165) is 38.3 Å². The van der Waals surface area contributed by atoms with Crippen molar-refractivity contribution in [3.63, 3.8) is 0 Å². The van der Waals surface area contributed by atoms with Crippen LogP contribution in [-0.2, 0) is 0 Å². The Morgan fingerprint density at radius 1 is 1.15 bits per heavy atom. The maximum Gasteiger partial charge on any atom is 0.159 e. The lowest BCUT2D eigenvalue weighted by Gasteiger charge is -2.35. The fourth-order valence-electron chi connectivity index (χ4n) is 2.28. The molecule has 1 aliphatic rings.